The predicted molar refractivity (Wildman–Crippen MR) is 90.2 cm³/mol. The molecule has 1 aromatic carbocycles. The Morgan fingerprint density at radius 3 is 2.28 bits per heavy atom. The molecule has 3 heterocycles. The molecule has 8 heteroatoms. The molecule has 0 aromatic heterocycles. The van der Waals surface area contributed by atoms with Gasteiger partial charge < -0.3 is 9.80 Å². The van der Waals surface area contributed by atoms with E-state index in [-0.39, 0.29) is 42.4 Å². The van der Waals surface area contributed by atoms with E-state index in [0.29, 0.717) is 13.0 Å². The fourth-order valence-electron chi connectivity index (χ4n) is 3.98. The van der Waals surface area contributed by atoms with Gasteiger partial charge in [-0.05, 0) is 31.9 Å². The highest BCUT2D eigenvalue weighted by Gasteiger charge is 2.50. The van der Waals surface area contributed by atoms with Crippen molar-refractivity contribution in [3.8, 4) is 0 Å². The first-order valence-electron chi connectivity index (χ1n) is 8.57. The number of hydrogen-bond acceptors (Lipinski definition) is 4. The second-order valence-electron chi connectivity index (χ2n) is 6.91. The van der Waals surface area contributed by atoms with Crippen LogP contribution in [0, 0.1) is 6.92 Å². The number of nitrogens with zero attached hydrogens (tertiary/aromatic N) is 3. The Morgan fingerprint density at radius 1 is 0.920 bits per heavy atom. The summed E-state index contributed by atoms with van der Waals surface area (Å²) in [4.78, 5) is 28.8. The molecule has 0 aliphatic carbocycles. The molecule has 0 unspecified atom stereocenters. The molecule has 0 spiro atoms. The van der Waals surface area contributed by atoms with Crippen LogP contribution >= 0.6 is 0 Å². The van der Waals surface area contributed by atoms with Gasteiger partial charge in [0.15, 0.2) is 0 Å². The Hall–Kier alpha value is -1.93. The Balaban J connectivity index is 1.60. The van der Waals surface area contributed by atoms with E-state index in [1.54, 1.807) is 34.1 Å². The van der Waals surface area contributed by atoms with Crippen molar-refractivity contribution in [3.63, 3.8) is 0 Å². The number of rotatable bonds is 2. The molecular weight excluding hydrogens is 342 g/mol. The molecule has 0 saturated carbocycles. The van der Waals surface area contributed by atoms with Crippen LogP contribution in [0.1, 0.15) is 18.4 Å². The summed E-state index contributed by atoms with van der Waals surface area (Å²) in [6.07, 6.45) is 1.53. The summed E-state index contributed by atoms with van der Waals surface area (Å²) in [5.41, 5.74) is 0.983. The maximum absolute atomic E-state index is 12.9. The smallest absolute Gasteiger partial charge is 0.247 e. The zero-order chi connectivity index (χ0) is 17.8. The van der Waals surface area contributed by atoms with Gasteiger partial charge in [-0.1, -0.05) is 17.7 Å². The lowest BCUT2D eigenvalue weighted by Crippen LogP contribution is -2.69. The van der Waals surface area contributed by atoms with Crippen LogP contribution in [0.2, 0.25) is 0 Å². The summed E-state index contributed by atoms with van der Waals surface area (Å²) < 4.78 is 27.1. The SMILES string of the molecule is Cc1ccc(S(=O)(=O)N2CCN3C(=O)[C@H]4CCCN4C(=O)[C@H]3C2)cc1. The molecule has 7 nitrogen and oxygen atoms in total. The highest BCUT2D eigenvalue weighted by molar-refractivity contribution is 7.89. The molecule has 0 radical (unpaired) electrons. The third kappa shape index (κ3) is 2.55. The van der Waals surface area contributed by atoms with Crippen molar-refractivity contribution in [1.82, 2.24) is 14.1 Å². The van der Waals surface area contributed by atoms with Crippen LogP contribution in [0.5, 0.6) is 0 Å². The van der Waals surface area contributed by atoms with Crippen molar-refractivity contribution < 1.29 is 18.0 Å². The van der Waals surface area contributed by atoms with E-state index < -0.39 is 16.1 Å². The van der Waals surface area contributed by atoms with Gasteiger partial charge in [0.2, 0.25) is 21.8 Å². The summed E-state index contributed by atoms with van der Waals surface area (Å²) in [7, 11) is -3.67. The Morgan fingerprint density at radius 2 is 1.56 bits per heavy atom. The minimum Gasteiger partial charge on any atom is -0.329 e. The molecule has 0 bridgehead atoms. The number of carbonyl (C=O) groups excluding carboxylic acids is 2. The van der Waals surface area contributed by atoms with E-state index in [1.165, 1.54) is 4.31 Å². The second-order valence-corrected chi connectivity index (χ2v) is 8.85. The lowest BCUT2D eigenvalue weighted by molar-refractivity contribution is -0.161. The van der Waals surface area contributed by atoms with E-state index in [0.717, 1.165) is 12.0 Å². The quantitative estimate of drug-likeness (QED) is 0.752. The van der Waals surface area contributed by atoms with Crippen LogP contribution in [0.25, 0.3) is 0 Å². The summed E-state index contributed by atoms with van der Waals surface area (Å²) in [6.45, 7) is 3.01. The fraction of sp³-hybridized carbons (Fsp3) is 0.529. The van der Waals surface area contributed by atoms with Crippen molar-refractivity contribution >= 4 is 21.8 Å². The lowest BCUT2D eigenvalue weighted by Gasteiger charge is -2.47. The van der Waals surface area contributed by atoms with Crippen LogP contribution in [0.4, 0.5) is 0 Å². The van der Waals surface area contributed by atoms with Crippen LogP contribution in [-0.2, 0) is 19.6 Å². The van der Waals surface area contributed by atoms with E-state index in [1.807, 2.05) is 6.92 Å². The topological polar surface area (TPSA) is 78.0 Å². The molecule has 3 aliphatic heterocycles. The monoisotopic (exact) mass is 363 g/mol. The maximum Gasteiger partial charge on any atom is 0.247 e. The van der Waals surface area contributed by atoms with Crippen molar-refractivity contribution in [1.29, 1.82) is 0 Å². The van der Waals surface area contributed by atoms with Crippen molar-refractivity contribution in [3.05, 3.63) is 29.8 Å². The number of piperazine rings is 2. The zero-order valence-corrected chi connectivity index (χ0v) is 14.9. The van der Waals surface area contributed by atoms with Crippen LogP contribution in [0.3, 0.4) is 0 Å². The molecule has 134 valence electrons. The first-order valence-corrected chi connectivity index (χ1v) is 10.0. The largest absolute Gasteiger partial charge is 0.329 e. The van der Waals surface area contributed by atoms with Gasteiger partial charge >= 0.3 is 0 Å². The number of carbonyl (C=O) groups is 2. The molecule has 0 N–H and O–H groups in total. The van der Waals surface area contributed by atoms with Crippen molar-refractivity contribution in [2.24, 2.45) is 0 Å². The molecule has 1 aromatic rings. The van der Waals surface area contributed by atoms with Gasteiger partial charge in [-0.25, -0.2) is 8.42 Å². The van der Waals surface area contributed by atoms with Gasteiger partial charge in [0.1, 0.15) is 12.1 Å². The first-order chi connectivity index (χ1) is 11.9. The molecule has 4 rings (SSSR count). The molecule has 2 amide bonds. The van der Waals surface area contributed by atoms with Crippen molar-refractivity contribution in [2.75, 3.05) is 26.2 Å². The summed E-state index contributed by atoms with van der Waals surface area (Å²) in [5.74, 6) is -0.152. The first kappa shape index (κ1) is 16.5. The number of amides is 2. The standard InChI is InChI=1S/C17H21N3O4S/c1-12-4-6-13(7-5-12)25(23,24)18-9-10-20-15(11-18)17(22)19-8-2-3-14(19)16(20)21/h4-7,14-15H,2-3,8-11H2,1H3/t14-,15-/m1/s1. The minimum absolute atomic E-state index is 0.0317. The number of sulfonamides is 1. The Labute approximate surface area is 147 Å². The van der Waals surface area contributed by atoms with E-state index >= 15 is 0 Å². The predicted octanol–water partition coefficient (Wildman–Crippen LogP) is 0.201. The fourth-order valence-corrected chi connectivity index (χ4v) is 5.42. The van der Waals surface area contributed by atoms with Gasteiger partial charge in [0, 0.05) is 26.2 Å². The van der Waals surface area contributed by atoms with Gasteiger partial charge in [-0.15, -0.1) is 0 Å². The average molecular weight is 363 g/mol. The molecule has 3 aliphatic rings. The zero-order valence-electron chi connectivity index (χ0n) is 14.1. The number of aryl methyl sites for hydroxylation is 1. The molecular formula is C17H21N3O4S. The number of hydrogen-bond donors (Lipinski definition) is 0. The lowest BCUT2D eigenvalue weighted by atomic mass is 10.0. The third-order valence-corrected chi connectivity index (χ3v) is 7.27. The van der Waals surface area contributed by atoms with Crippen LogP contribution < -0.4 is 0 Å². The van der Waals surface area contributed by atoms with E-state index in [2.05, 4.69) is 0 Å². The van der Waals surface area contributed by atoms with Gasteiger partial charge in [0.05, 0.1) is 4.90 Å². The normalized spacial score (nSPS) is 27.4. The molecule has 3 fully saturated rings. The molecule has 25 heavy (non-hydrogen) atoms. The van der Waals surface area contributed by atoms with Crippen LogP contribution in [-0.4, -0.2) is 72.6 Å². The summed E-state index contributed by atoms with van der Waals surface area (Å²) >= 11 is 0. The summed E-state index contributed by atoms with van der Waals surface area (Å²) in [5, 5.41) is 0. The number of benzene rings is 1. The van der Waals surface area contributed by atoms with Crippen LogP contribution in [0.15, 0.2) is 29.2 Å². The van der Waals surface area contributed by atoms with E-state index in [9.17, 15) is 18.0 Å². The molecule has 2 atom stereocenters. The average Bonchev–Trinajstić information content (AvgIpc) is 3.10. The van der Waals surface area contributed by atoms with Gasteiger partial charge in [-0.2, -0.15) is 4.31 Å². The van der Waals surface area contributed by atoms with Gasteiger partial charge in [-0.3, -0.25) is 9.59 Å². The number of fused-ring (bicyclic) bond motifs is 2. The van der Waals surface area contributed by atoms with Gasteiger partial charge in [0.25, 0.3) is 0 Å². The minimum atomic E-state index is -3.67. The summed E-state index contributed by atoms with van der Waals surface area (Å²) in [6, 6.07) is 5.64. The second kappa shape index (κ2) is 5.81. The highest BCUT2D eigenvalue weighted by Crippen LogP contribution is 2.30. The Bertz CT molecular complexity index is 821. The van der Waals surface area contributed by atoms with E-state index in [4.69, 9.17) is 0 Å². The maximum atomic E-state index is 12.9. The van der Waals surface area contributed by atoms with Crippen molar-refractivity contribution in [2.45, 2.75) is 36.7 Å². The Kier molecular flexibility index (Phi) is 3.84. The third-order valence-electron chi connectivity index (χ3n) is 5.39. The highest BCUT2D eigenvalue weighted by atomic mass is 32.2. The molecule has 3 saturated heterocycles.